The number of halogens is 1. The van der Waals surface area contributed by atoms with Crippen molar-refractivity contribution in [3.63, 3.8) is 0 Å². The van der Waals surface area contributed by atoms with Crippen LogP contribution in [0, 0.1) is 0 Å². The number of rotatable bonds is 3. The maximum Gasteiger partial charge on any atom is 0.255 e. The summed E-state index contributed by atoms with van der Waals surface area (Å²) in [5.74, 6) is 0. The predicted molar refractivity (Wildman–Crippen MR) is 64.1 cm³/mol. The van der Waals surface area contributed by atoms with Gasteiger partial charge in [-0.3, -0.25) is 9.36 Å². The number of hydrogen-bond donors (Lipinski definition) is 0. The Morgan fingerprint density at radius 3 is 3.00 bits per heavy atom. The molecule has 0 saturated heterocycles. The topological polar surface area (TPSA) is 47.8 Å². The van der Waals surface area contributed by atoms with Gasteiger partial charge in [0.2, 0.25) is 0 Å². The minimum atomic E-state index is -0.161. The molecule has 0 N–H and O–H groups in total. The molecule has 0 radical (unpaired) electrons. The van der Waals surface area contributed by atoms with Gasteiger partial charge in [-0.15, -0.1) is 11.3 Å². The largest absolute Gasteiger partial charge is 0.293 e. The zero-order chi connectivity index (χ0) is 11.5. The molecule has 84 valence electrons. The molecule has 0 aliphatic rings. The standard InChI is InChI=1S/C10H10ClN3OS/c1-2-9-13-7(5-16-9)4-14-6-12-8(11)3-10(14)15/h3,5-6H,2,4H2,1H3. The Labute approximate surface area is 102 Å². The zero-order valence-corrected chi connectivity index (χ0v) is 10.3. The summed E-state index contributed by atoms with van der Waals surface area (Å²) in [6, 6.07) is 1.30. The molecule has 0 aromatic carbocycles. The van der Waals surface area contributed by atoms with Crippen LogP contribution >= 0.6 is 22.9 Å². The van der Waals surface area contributed by atoms with Crippen molar-refractivity contribution in [2.45, 2.75) is 19.9 Å². The SMILES string of the molecule is CCc1nc(Cn2cnc(Cl)cc2=O)cs1. The van der Waals surface area contributed by atoms with E-state index < -0.39 is 0 Å². The highest BCUT2D eigenvalue weighted by Gasteiger charge is 2.03. The van der Waals surface area contributed by atoms with E-state index in [2.05, 4.69) is 16.9 Å². The first-order chi connectivity index (χ1) is 7.69. The second kappa shape index (κ2) is 4.76. The van der Waals surface area contributed by atoms with Gasteiger partial charge in [-0.2, -0.15) is 0 Å². The second-order valence-electron chi connectivity index (χ2n) is 3.26. The lowest BCUT2D eigenvalue weighted by molar-refractivity contribution is 0.720. The molecule has 2 aromatic rings. The van der Waals surface area contributed by atoms with Gasteiger partial charge in [0.05, 0.1) is 23.6 Å². The molecule has 0 bridgehead atoms. The minimum absolute atomic E-state index is 0.161. The van der Waals surface area contributed by atoms with Crippen molar-refractivity contribution in [2.75, 3.05) is 0 Å². The summed E-state index contributed by atoms with van der Waals surface area (Å²) in [5, 5.41) is 3.25. The second-order valence-corrected chi connectivity index (χ2v) is 4.59. The van der Waals surface area contributed by atoms with E-state index in [0.29, 0.717) is 6.54 Å². The third-order valence-corrected chi connectivity index (χ3v) is 3.33. The van der Waals surface area contributed by atoms with Crippen molar-refractivity contribution in [3.8, 4) is 0 Å². The third kappa shape index (κ3) is 2.48. The molecule has 0 aliphatic carbocycles. The van der Waals surface area contributed by atoms with Crippen molar-refractivity contribution in [3.05, 3.63) is 44.0 Å². The molecule has 0 atom stereocenters. The molecule has 2 rings (SSSR count). The van der Waals surface area contributed by atoms with Gasteiger partial charge in [0.25, 0.3) is 5.56 Å². The third-order valence-electron chi connectivity index (χ3n) is 2.08. The van der Waals surface area contributed by atoms with Crippen LogP contribution in [0.1, 0.15) is 17.6 Å². The summed E-state index contributed by atoms with van der Waals surface area (Å²) < 4.78 is 1.49. The number of nitrogens with zero attached hydrogens (tertiary/aromatic N) is 3. The van der Waals surface area contributed by atoms with Crippen LogP contribution in [-0.2, 0) is 13.0 Å². The highest BCUT2D eigenvalue weighted by atomic mass is 35.5. The van der Waals surface area contributed by atoms with Gasteiger partial charge in [-0.05, 0) is 6.42 Å². The van der Waals surface area contributed by atoms with Crippen LogP contribution in [0.4, 0.5) is 0 Å². The van der Waals surface area contributed by atoms with Gasteiger partial charge in [0.15, 0.2) is 0 Å². The summed E-state index contributed by atoms with van der Waals surface area (Å²) in [6.45, 7) is 2.50. The number of thiazole rings is 1. The highest BCUT2D eigenvalue weighted by molar-refractivity contribution is 7.09. The molecule has 0 saturated carbocycles. The van der Waals surface area contributed by atoms with E-state index in [-0.39, 0.29) is 10.7 Å². The highest BCUT2D eigenvalue weighted by Crippen LogP contribution is 2.10. The van der Waals surface area contributed by atoms with Gasteiger partial charge in [0.1, 0.15) is 5.15 Å². The van der Waals surface area contributed by atoms with Crippen LogP contribution in [0.5, 0.6) is 0 Å². The molecule has 16 heavy (non-hydrogen) atoms. The van der Waals surface area contributed by atoms with Crippen LogP contribution in [0.25, 0.3) is 0 Å². The zero-order valence-electron chi connectivity index (χ0n) is 8.68. The Hall–Kier alpha value is -1.20. The molecular weight excluding hydrogens is 246 g/mol. The molecule has 0 spiro atoms. The normalized spacial score (nSPS) is 10.6. The van der Waals surface area contributed by atoms with Crippen LogP contribution in [0.2, 0.25) is 5.15 Å². The van der Waals surface area contributed by atoms with Crippen molar-refractivity contribution < 1.29 is 0 Å². The summed E-state index contributed by atoms with van der Waals surface area (Å²) in [4.78, 5) is 19.8. The molecule has 2 aromatic heterocycles. The van der Waals surface area contributed by atoms with Crippen molar-refractivity contribution in [1.82, 2.24) is 14.5 Å². The van der Waals surface area contributed by atoms with E-state index >= 15 is 0 Å². The molecule has 2 heterocycles. The van der Waals surface area contributed by atoms with Gasteiger partial charge >= 0.3 is 0 Å². The average molecular weight is 256 g/mol. The first-order valence-corrected chi connectivity index (χ1v) is 6.10. The smallest absolute Gasteiger partial charge is 0.255 e. The molecule has 4 nitrogen and oxygen atoms in total. The van der Waals surface area contributed by atoms with Crippen molar-refractivity contribution in [2.24, 2.45) is 0 Å². The number of hydrogen-bond acceptors (Lipinski definition) is 4. The van der Waals surface area contributed by atoms with E-state index in [9.17, 15) is 4.79 Å². The van der Waals surface area contributed by atoms with Crippen molar-refractivity contribution in [1.29, 1.82) is 0 Å². The van der Waals surface area contributed by atoms with E-state index in [1.54, 1.807) is 11.3 Å². The molecule has 0 unspecified atom stereocenters. The fourth-order valence-corrected chi connectivity index (χ4v) is 2.15. The first kappa shape index (κ1) is 11.3. The van der Waals surface area contributed by atoms with Gasteiger partial charge < -0.3 is 0 Å². The Morgan fingerprint density at radius 2 is 2.38 bits per heavy atom. The van der Waals surface area contributed by atoms with Crippen molar-refractivity contribution >= 4 is 22.9 Å². The monoisotopic (exact) mass is 255 g/mol. The predicted octanol–water partition coefficient (Wildman–Crippen LogP) is 1.96. The first-order valence-electron chi connectivity index (χ1n) is 4.84. The van der Waals surface area contributed by atoms with E-state index in [4.69, 9.17) is 11.6 Å². The summed E-state index contributed by atoms with van der Waals surface area (Å²) in [5.41, 5.74) is 0.721. The summed E-state index contributed by atoms with van der Waals surface area (Å²) in [7, 11) is 0. The molecular formula is C10H10ClN3OS. The van der Waals surface area contributed by atoms with E-state index in [0.717, 1.165) is 17.1 Å². The Balaban J connectivity index is 2.23. The summed E-state index contributed by atoms with van der Waals surface area (Å²) in [6.07, 6.45) is 2.36. The number of aryl methyl sites for hydroxylation is 1. The Bertz CT molecular complexity index is 549. The Morgan fingerprint density at radius 1 is 1.56 bits per heavy atom. The van der Waals surface area contributed by atoms with Crippen LogP contribution in [0.3, 0.4) is 0 Å². The van der Waals surface area contributed by atoms with Crippen LogP contribution in [0.15, 0.2) is 22.6 Å². The maximum absolute atomic E-state index is 11.5. The van der Waals surface area contributed by atoms with Gasteiger partial charge in [-0.25, -0.2) is 9.97 Å². The molecule has 6 heteroatoms. The van der Waals surface area contributed by atoms with Crippen LogP contribution in [-0.4, -0.2) is 14.5 Å². The lowest BCUT2D eigenvalue weighted by atomic mass is 10.4. The molecule has 0 amide bonds. The van der Waals surface area contributed by atoms with E-state index in [1.165, 1.54) is 17.0 Å². The van der Waals surface area contributed by atoms with Gasteiger partial charge in [-0.1, -0.05) is 18.5 Å². The lowest BCUT2D eigenvalue weighted by Crippen LogP contribution is -2.20. The number of aromatic nitrogens is 3. The summed E-state index contributed by atoms with van der Waals surface area (Å²) >= 11 is 7.21. The van der Waals surface area contributed by atoms with E-state index in [1.807, 2.05) is 5.38 Å². The molecule has 0 fully saturated rings. The molecule has 0 aliphatic heterocycles. The minimum Gasteiger partial charge on any atom is -0.293 e. The fraction of sp³-hybridized carbons (Fsp3) is 0.300. The van der Waals surface area contributed by atoms with Gasteiger partial charge in [0, 0.05) is 11.4 Å². The maximum atomic E-state index is 11.5. The Kier molecular flexibility index (Phi) is 3.36. The van der Waals surface area contributed by atoms with Crippen LogP contribution < -0.4 is 5.56 Å². The average Bonchev–Trinajstić information content (AvgIpc) is 2.70. The fourth-order valence-electron chi connectivity index (χ4n) is 1.28. The quantitative estimate of drug-likeness (QED) is 0.788. The lowest BCUT2D eigenvalue weighted by Gasteiger charge is -2.01.